The molecule has 0 radical (unpaired) electrons. The number of terminal acetylenes is 1. The SMILES string of the molecule is C#Cc1cccc2cccc(C#Cc3cccc4c3oc3ccccc34)c12. The van der Waals surface area contributed by atoms with Crippen LogP contribution >= 0.6 is 0 Å². The highest BCUT2D eigenvalue weighted by atomic mass is 16.3. The molecule has 0 spiro atoms. The lowest BCUT2D eigenvalue weighted by Crippen LogP contribution is -1.85. The number of hydrogen-bond donors (Lipinski definition) is 0. The molecule has 27 heavy (non-hydrogen) atoms. The summed E-state index contributed by atoms with van der Waals surface area (Å²) in [5, 5.41) is 4.31. The van der Waals surface area contributed by atoms with Crippen LogP contribution in [0.4, 0.5) is 0 Å². The van der Waals surface area contributed by atoms with Crippen LogP contribution in [0.25, 0.3) is 32.7 Å². The molecule has 0 N–H and O–H groups in total. The summed E-state index contributed by atoms with van der Waals surface area (Å²) in [6.45, 7) is 0. The van der Waals surface area contributed by atoms with E-state index in [0.29, 0.717) is 0 Å². The molecule has 0 amide bonds. The van der Waals surface area contributed by atoms with Gasteiger partial charge in [0.2, 0.25) is 0 Å². The fourth-order valence-corrected chi connectivity index (χ4v) is 3.55. The zero-order chi connectivity index (χ0) is 18.2. The molecule has 1 aromatic heterocycles. The van der Waals surface area contributed by atoms with Crippen molar-refractivity contribution in [3.05, 3.63) is 95.6 Å². The van der Waals surface area contributed by atoms with Crippen molar-refractivity contribution in [2.45, 2.75) is 0 Å². The molecule has 0 bridgehead atoms. The number of para-hydroxylation sites is 2. The average Bonchev–Trinajstić information content (AvgIpc) is 3.11. The fourth-order valence-electron chi connectivity index (χ4n) is 3.55. The van der Waals surface area contributed by atoms with Gasteiger partial charge in [0, 0.05) is 27.3 Å². The number of hydrogen-bond acceptors (Lipinski definition) is 1. The van der Waals surface area contributed by atoms with Crippen molar-refractivity contribution >= 4 is 32.7 Å². The van der Waals surface area contributed by atoms with Crippen molar-refractivity contribution in [2.24, 2.45) is 0 Å². The lowest BCUT2D eigenvalue weighted by atomic mass is 9.99. The second-order valence-electron chi connectivity index (χ2n) is 6.38. The Balaban J connectivity index is 1.74. The van der Waals surface area contributed by atoms with Gasteiger partial charge in [-0.25, -0.2) is 0 Å². The van der Waals surface area contributed by atoms with E-state index in [1.165, 1.54) is 0 Å². The topological polar surface area (TPSA) is 13.1 Å². The van der Waals surface area contributed by atoms with Gasteiger partial charge in [0.1, 0.15) is 5.58 Å². The van der Waals surface area contributed by atoms with Crippen molar-refractivity contribution in [3.8, 4) is 24.2 Å². The molecular weight excluding hydrogens is 328 g/mol. The van der Waals surface area contributed by atoms with Gasteiger partial charge in [-0.2, -0.15) is 0 Å². The zero-order valence-corrected chi connectivity index (χ0v) is 14.5. The van der Waals surface area contributed by atoms with Gasteiger partial charge in [0.25, 0.3) is 0 Å². The first kappa shape index (κ1) is 15.3. The van der Waals surface area contributed by atoms with Gasteiger partial charge in [0.05, 0.1) is 5.56 Å². The summed E-state index contributed by atoms with van der Waals surface area (Å²) in [5.41, 5.74) is 4.36. The van der Waals surface area contributed by atoms with Gasteiger partial charge < -0.3 is 4.42 Å². The molecule has 124 valence electrons. The van der Waals surface area contributed by atoms with E-state index in [0.717, 1.165) is 49.4 Å². The van der Waals surface area contributed by atoms with Crippen LogP contribution in [0.5, 0.6) is 0 Å². The second-order valence-corrected chi connectivity index (χ2v) is 6.38. The summed E-state index contributed by atoms with van der Waals surface area (Å²) in [5.74, 6) is 9.38. The Kier molecular flexibility index (Phi) is 3.46. The van der Waals surface area contributed by atoms with E-state index in [2.05, 4.69) is 42.0 Å². The van der Waals surface area contributed by atoms with E-state index in [1.807, 2.05) is 54.6 Å². The van der Waals surface area contributed by atoms with Crippen molar-refractivity contribution in [1.29, 1.82) is 0 Å². The molecule has 0 fully saturated rings. The summed E-state index contributed by atoms with van der Waals surface area (Å²) in [6, 6.07) is 26.2. The van der Waals surface area contributed by atoms with Crippen molar-refractivity contribution in [1.82, 2.24) is 0 Å². The largest absolute Gasteiger partial charge is 0.455 e. The number of rotatable bonds is 0. The Morgan fingerprint density at radius 2 is 1.30 bits per heavy atom. The molecule has 0 saturated heterocycles. The van der Waals surface area contributed by atoms with Crippen LogP contribution in [-0.2, 0) is 0 Å². The first-order valence-corrected chi connectivity index (χ1v) is 8.76. The Morgan fingerprint density at radius 1 is 0.630 bits per heavy atom. The minimum absolute atomic E-state index is 0.823. The average molecular weight is 342 g/mol. The summed E-state index contributed by atoms with van der Waals surface area (Å²) in [7, 11) is 0. The van der Waals surface area contributed by atoms with E-state index in [4.69, 9.17) is 10.8 Å². The van der Waals surface area contributed by atoms with Gasteiger partial charge in [-0.3, -0.25) is 0 Å². The van der Waals surface area contributed by atoms with Crippen molar-refractivity contribution in [2.75, 3.05) is 0 Å². The van der Waals surface area contributed by atoms with E-state index >= 15 is 0 Å². The van der Waals surface area contributed by atoms with Gasteiger partial charge in [0.15, 0.2) is 5.58 Å². The van der Waals surface area contributed by atoms with Crippen LogP contribution in [0.2, 0.25) is 0 Å². The molecule has 5 rings (SSSR count). The quantitative estimate of drug-likeness (QED) is 0.309. The molecule has 1 nitrogen and oxygen atoms in total. The summed E-state index contributed by atoms with van der Waals surface area (Å²) in [4.78, 5) is 0. The van der Waals surface area contributed by atoms with Crippen molar-refractivity contribution < 1.29 is 4.42 Å². The first-order valence-electron chi connectivity index (χ1n) is 8.76. The van der Waals surface area contributed by atoms with Gasteiger partial charge >= 0.3 is 0 Å². The number of furan rings is 1. The van der Waals surface area contributed by atoms with E-state index in [9.17, 15) is 0 Å². The number of fused-ring (bicyclic) bond motifs is 4. The zero-order valence-electron chi connectivity index (χ0n) is 14.5. The normalized spacial score (nSPS) is 10.6. The van der Waals surface area contributed by atoms with Crippen LogP contribution in [0.3, 0.4) is 0 Å². The van der Waals surface area contributed by atoms with E-state index < -0.39 is 0 Å². The van der Waals surface area contributed by atoms with Crippen molar-refractivity contribution in [3.63, 3.8) is 0 Å². The van der Waals surface area contributed by atoms with Gasteiger partial charge in [-0.15, -0.1) is 6.42 Å². The predicted molar refractivity (Wildman–Crippen MR) is 112 cm³/mol. The Labute approximate surface area is 157 Å². The Bertz CT molecular complexity index is 1430. The third kappa shape index (κ3) is 2.46. The second kappa shape index (κ2) is 6.10. The van der Waals surface area contributed by atoms with Gasteiger partial charge in [-0.05, 0) is 29.7 Å². The monoisotopic (exact) mass is 342 g/mol. The highest BCUT2D eigenvalue weighted by molar-refractivity contribution is 6.06. The highest BCUT2D eigenvalue weighted by Gasteiger charge is 2.09. The third-order valence-electron chi connectivity index (χ3n) is 4.80. The minimum atomic E-state index is 0.823. The minimum Gasteiger partial charge on any atom is -0.455 e. The molecule has 0 atom stereocenters. The van der Waals surface area contributed by atoms with Gasteiger partial charge in [-0.1, -0.05) is 72.4 Å². The Hall–Kier alpha value is -3.94. The lowest BCUT2D eigenvalue weighted by Gasteiger charge is -2.03. The Morgan fingerprint density at radius 3 is 2.15 bits per heavy atom. The molecule has 5 aromatic rings. The smallest absolute Gasteiger partial charge is 0.151 e. The summed E-state index contributed by atoms with van der Waals surface area (Å²) in [6.07, 6.45) is 5.70. The predicted octanol–water partition coefficient (Wildman–Crippen LogP) is 6.12. The summed E-state index contributed by atoms with van der Waals surface area (Å²) < 4.78 is 6.07. The molecule has 4 aromatic carbocycles. The summed E-state index contributed by atoms with van der Waals surface area (Å²) >= 11 is 0. The van der Waals surface area contributed by atoms with E-state index in [1.54, 1.807) is 0 Å². The molecule has 0 aliphatic heterocycles. The molecule has 0 saturated carbocycles. The molecule has 1 heterocycles. The molecule has 0 unspecified atom stereocenters. The molecule has 0 aliphatic carbocycles. The maximum absolute atomic E-state index is 6.07. The highest BCUT2D eigenvalue weighted by Crippen LogP contribution is 2.30. The maximum Gasteiger partial charge on any atom is 0.151 e. The van der Waals surface area contributed by atoms with E-state index in [-0.39, 0.29) is 0 Å². The molecule has 1 heteroatoms. The van der Waals surface area contributed by atoms with Crippen LogP contribution in [0.15, 0.2) is 83.3 Å². The third-order valence-corrected chi connectivity index (χ3v) is 4.80. The van der Waals surface area contributed by atoms with Crippen LogP contribution in [0.1, 0.15) is 16.7 Å². The van der Waals surface area contributed by atoms with Crippen LogP contribution < -0.4 is 0 Å². The van der Waals surface area contributed by atoms with Crippen LogP contribution in [-0.4, -0.2) is 0 Å². The fraction of sp³-hybridized carbons (Fsp3) is 0. The number of benzene rings is 4. The molecule has 0 aliphatic rings. The standard InChI is InChI=1S/C26H14O/c1-2-18-8-5-9-19-10-6-11-20(25(18)19)16-17-21-12-7-14-23-22-13-3-4-15-24(22)27-26(21)23/h1,3-15H. The lowest BCUT2D eigenvalue weighted by molar-refractivity contribution is 0.668. The van der Waals surface area contributed by atoms with Crippen LogP contribution in [0, 0.1) is 24.2 Å². The molecular formula is C26H14O. The maximum atomic E-state index is 6.07. The first-order chi connectivity index (χ1) is 13.3.